The van der Waals surface area contributed by atoms with Gasteiger partial charge in [-0.05, 0) is 55.2 Å². The van der Waals surface area contributed by atoms with Crippen molar-refractivity contribution in [1.29, 1.82) is 0 Å². The normalized spacial score (nSPS) is 26.0. The van der Waals surface area contributed by atoms with Gasteiger partial charge in [-0.15, -0.1) is 0 Å². The van der Waals surface area contributed by atoms with Crippen LogP contribution in [0.3, 0.4) is 0 Å². The molecule has 1 unspecified atom stereocenters. The number of hydrogen-bond donors (Lipinski definition) is 1. The standard InChI is InChI=1S/C17H27N/c1-4-14-8-10-15(11-9-14)17(18)16-12(2)6-5-7-13(16)3/h5-7,14-15,17H,4,8-11,18H2,1-3H3. The van der Waals surface area contributed by atoms with E-state index in [9.17, 15) is 0 Å². The minimum atomic E-state index is 0.240. The van der Waals surface area contributed by atoms with Crippen LogP contribution < -0.4 is 5.73 Å². The molecule has 0 aromatic heterocycles. The number of rotatable bonds is 3. The van der Waals surface area contributed by atoms with Crippen molar-refractivity contribution >= 4 is 0 Å². The van der Waals surface area contributed by atoms with E-state index in [-0.39, 0.29) is 6.04 Å². The molecular weight excluding hydrogens is 218 g/mol. The van der Waals surface area contributed by atoms with Crippen LogP contribution in [0.2, 0.25) is 0 Å². The third-order valence-electron chi connectivity index (χ3n) is 4.85. The smallest absolute Gasteiger partial charge is 0.0328 e. The molecule has 0 bridgehead atoms. The summed E-state index contributed by atoms with van der Waals surface area (Å²) in [6.07, 6.45) is 6.71. The highest BCUT2D eigenvalue weighted by atomic mass is 14.7. The zero-order chi connectivity index (χ0) is 13.1. The van der Waals surface area contributed by atoms with Crippen LogP contribution in [0.5, 0.6) is 0 Å². The van der Waals surface area contributed by atoms with Gasteiger partial charge >= 0.3 is 0 Å². The summed E-state index contributed by atoms with van der Waals surface area (Å²) in [5, 5.41) is 0. The summed E-state index contributed by atoms with van der Waals surface area (Å²) in [5.74, 6) is 1.64. The van der Waals surface area contributed by atoms with Crippen LogP contribution in [0.15, 0.2) is 18.2 Å². The van der Waals surface area contributed by atoms with Crippen molar-refractivity contribution < 1.29 is 0 Å². The van der Waals surface area contributed by atoms with E-state index >= 15 is 0 Å². The van der Waals surface area contributed by atoms with E-state index in [1.54, 1.807) is 0 Å². The molecule has 1 saturated carbocycles. The molecule has 1 atom stereocenters. The maximum Gasteiger partial charge on any atom is 0.0328 e. The fourth-order valence-electron chi connectivity index (χ4n) is 3.54. The van der Waals surface area contributed by atoms with Gasteiger partial charge in [-0.25, -0.2) is 0 Å². The minimum absolute atomic E-state index is 0.240. The van der Waals surface area contributed by atoms with Gasteiger partial charge in [0.2, 0.25) is 0 Å². The molecule has 1 aliphatic carbocycles. The predicted octanol–water partition coefficient (Wildman–Crippen LogP) is 4.52. The molecule has 0 radical (unpaired) electrons. The predicted molar refractivity (Wildman–Crippen MR) is 78.6 cm³/mol. The molecule has 1 heteroatoms. The molecule has 1 aliphatic rings. The molecule has 2 rings (SSSR count). The van der Waals surface area contributed by atoms with E-state index in [0.717, 1.165) is 5.92 Å². The first kappa shape index (κ1) is 13.6. The van der Waals surface area contributed by atoms with Gasteiger partial charge in [0.05, 0.1) is 0 Å². The van der Waals surface area contributed by atoms with Crippen LogP contribution in [0.25, 0.3) is 0 Å². The lowest BCUT2D eigenvalue weighted by molar-refractivity contribution is 0.239. The molecule has 0 aliphatic heterocycles. The van der Waals surface area contributed by atoms with Crippen molar-refractivity contribution in [2.45, 2.75) is 58.9 Å². The third kappa shape index (κ3) is 2.77. The molecule has 18 heavy (non-hydrogen) atoms. The van der Waals surface area contributed by atoms with Crippen LogP contribution in [-0.4, -0.2) is 0 Å². The largest absolute Gasteiger partial charge is 0.324 e. The van der Waals surface area contributed by atoms with E-state index in [0.29, 0.717) is 5.92 Å². The lowest BCUT2D eigenvalue weighted by Gasteiger charge is -2.33. The zero-order valence-electron chi connectivity index (χ0n) is 12.1. The Morgan fingerprint density at radius 2 is 1.67 bits per heavy atom. The van der Waals surface area contributed by atoms with Crippen molar-refractivity contribution in [2.75, 3.05) is 0 Å². The van der Waals surface area contributed by atoms with Crippen LogP contribution >= 0.6 is 0 Å². The first-order chi connectivity index (χ1) is 8.63. The molecule has 1 nitrogen and oxygen atoms in total. The van der Waals surface area contributed by atoms with Gasteiger partial charge in [-0.2, -0.15) is 0 Å². The summed E-state index contributed by atoms with van der Waals surface area (Å²) in [6, 6.07) is 6.76. The molecule has 0 saturated heterocycles. The molecule has 1 aromatic carbocycles. The second kappa shape index (κ2) is 5.88. The second-order valence-corrected chi connectivity index (χ2v) is 6.02. The molecular formula is C17H27N. The fraction of sp³-hybridized carbons (Fsp3) is 0.647. The second-order valence-electron chi connectivity index (χ2n) is 6.02. The van der Waals surface area contributed by atoms with Crippen molar-refractivity contribution in [2.24, 2.45) is 17.6 Å². The van der Waals surface area contributed by atoms with Gasteiger partial charge in [0.25, 0.3) is 0 Å². The number of nitrogens with two attached hydrogens (primary N) is 1. The molecule has 1 fully saturated rings. The Morgan fingerprint density at radius 1 is 1.11 bits per heavy atom. The van der Waals surface area contributed by atoms with E-state index in [1.807, 2.05) is 0 Å². The van der Waals surface area contributed by atoms with Crippen molar-refractivity contribution in [3.05, 3.63) is 34.9 Å². The van der Waals surface area contributed by atoms with Crippen LogP contribution in [-0.2, 0) is 0 Å². The van der Waals surface area contributed by atoms with Gasteiger partial charge in [-0.3, -0.25) is 0 Å². The lowest BCUT2D eigenvalue weighted by atomic mass is 9.75. The van der Waals surface area contributed by atoms with Crippen molar-refractivity contribution in [3.8, 4) is 0 Å². The Bertz CT molecular complexity index is 368. The maximum absolute atomic E-state index is 6.56. The fourth-order valence-corrected chi connectivity index (χ4v) is 3.54. The Kier molecular flexibility index (Phi) is 4.45. The zero-order valence-corrected chi connectivity index (χ0v) is 12.1. The highest BCUT2D eigenvalue weighted by molar-refractivity contribution is 5.36. The summed E-state index contributed by atoms with van der Waals surface area (Å²) in [6.45, 7) is 6.70. The topological polar surface area (TPSA) is 26.0 Å². The molecule has 2 N–H and O–H groups in total. The number of aryl methyl sites for hydroxylation is 2. The van der Waals surface area contributed by atoms with Gasteiger partial charge < -0.3 is 5.73 Å². The summed E-state index contributed by atoms with van der Waals surface area (Å²) in [7, 11) is 0. The van der Waals surface area contributed by atoms with Gasteiger partial charge in [-0.1, -0.05) is 44.4 Å². The van der Waals surface area contributed by atoms with Crippen LogP contribution in [0, 0.1) is 25.7 Å². The maximum atomic E-state index is 6.56. The third-order valence-corrected chi connectivity index (χ3v) is 4.85. The van der Waals surface area contributed by atoms with Gasteiger partial charge in [0, 0.05) is 6.04 Å². The Morgan fingerprint density at radius 3 is 2.17 bits per heavy atom. The quantitative estimate of drug-likeness (QED) is 0.832. The monoisotopic (exact) mass is 245 g/mol. The summed E-state index contributed by atoms with van der Waals surface area (Å²) < 4.78 is 0. The SMILES string of the molecule is CCC1CCC(C(N)c2c(C)cccc2C)CC1. The lowest BCUT2D eigenvalue weighted by Crippen LogP contribution is -2.27. The molecule has 1 aromatic rings. The number of hydrogen-bond acceptors (Lipinski definition) is 1. The molecule has 0 amide bonds. The van der Waals surface area contributed by atoms with E-state index in [2.05, 4.69) is 39.0 Å². The highest BCUT2D eigenvalue weighted by Gasteiger charge is 2.27. The van der Waals surface area contributed by atoms with E-state index in [1.165, 1.54) is 48.8 Å². The van der Waals surface area contributed by atoms with E-state index in [4.69, 9.17) is 5.73 Å². The summed E-state index contributed by atoms with van der Waals surface area (Å²) in [4.78, 5) is 0. The average Bonchev–Trinajstić information content (AvgIpc) is 2.38. The Hall–Kier alpha value is -0.820. The van der Waals surface area contributed by atoms with Crippen LogP contribution in [0.1, 0.15) is 61.8 Å². The number of benzene rings is 1. The van der Waals surface area contributed by atoms with Crippen molar-refractivity contribution in [3.63, 3.8) is 0 Å². The van der Waals surface area contributed by atoms with Gasteiger partial charge in [0.1, 0.15) is 0 Å². The minimum Gasteiger partial charge on any atom is -0.324 e. The van der Waals surface area contributed by atoms with Crippen LogP contribution in [0.4, 0.5) is 0 Å². The first-order valence-corrected chi connectivity index (χ1v) is 7.45. The Balaban J connectivity index is 2.10. The molecule has 0 heterocycles. The summed E-state index contributed by atoms with van der Waals surface area (Å²) in [5.41, 5.74) is 10.7. The van der Waals surface area contributed by atoms with Crippen molar-refractivity contribution in [1.82, 2.24) is 0 Å². The average molecular weight is 245 g/mol. The summed E-state index contributed by atoms with van der Waals surface area (Å²) >= 11 is 0. The van der Waals surface area contributed by atoms with E-state index < -0.39 is 0 Å². The highest BCUT2D eigenvalue weighted by Crippen LogP contribution is 2.38. The molecule has 100 valence electrons. The first-order valence-electron chi connectivity index (χ1n) is 7.45. The van der Waals surface area contributed by atoms with Gasteiger partial charge in [0.15, 0.2) is 0 Å². The Labute approximate surface area is 112 Å². The molecule has 0 spiro atoms.